The fourth-order valence-electron chi connectivity index (χ4n) is 6.24. The van der Waals surface area contributed by atoms with E-state index in [-0.39, 0.29) is 31.3 Å². The fourth-order valence-corrected chi connectivity index (χ4v) is 6.50. The molecule has 2 heterocycles. The first-order valence-corrected chi connectivity index (χ1v) is 15.8. The summed E-state index contributed by atoms with van der Waals surface area (Å²) in [6, 6.07) is 23.3. The molecule has 5 aromatic rings. The Labute approximate surface area is 277 Å². The summed E-state index contributed by atoms with van der Waals surface area (Å²) >= 11 is 6.92. The van der Waals surface area contributed by atoms with Gasteiger partial charge in [0.05, 0.1) is 5.56 Å². The molecule has 1 unspecified atom stereocenters. The first-order valence-electron chi connectivity index (χ1n) is 15.4. The van der Waals surface area contributed by atoms with E-state index in [4.69, 9.17) is 16.3 Å². The van der Waals surface area contributed by atoms with Gasteiger partial charge in [-0.25, -0.2) is 4.39 Å². The van der Waals surface area contributed by atoms with E-state index in [1.807, 2.05) is 42.5 Å². The fraction of sp³-hybridized carbons (Fsp3) is 0.211. The summed E-state index contributed by atoms with van der Waals surface area (Å²) in [4.78, 5) is 20.4. The average molecular weight is 647 g/mol. The van der Waals surface area contributed by atoms with E-state index in [1.54, 1.807) is 36.8 Å². The third-order valence-electron chi connectivity index (χ3n) is 8.57. The number of benzene rings is 3. The second kappa shape index (κ2) is 14.5. The Kier molecular flexibility index (Phi) is 9.86. The van der Waals surface area contributed by atoms with Crippen LogP contribution in [0.1, 0.15) is 51.3 Å². The minimum Gasteiger partial charge on any atom is -0.489 e. The van der Waals surface area contributed by atoms with Gasteiger partial charge in [-0.05, 0) is 89.8 Å². The van der Waals surface area contributed by atoms with Crippen molar-refractivity contribution in [2.75, 3.05) is 0 Å². The number of aliphatic carboxylic acids is 1. The lowest BCUT2D eigenvalue weighted by Crippen LogP contribution is -2.38. The van der Waals surface area contributed by atoms with E-state index >= 15 is 0 Å². The molecule has 0 bridgehead atoms. The van der Waals surface area contributed by atoms with Crippen LogP contribution >= 0.6 is 11.6 Å². The van der Waals surface area contributed by atoms with Crippen LogP contribution in [-0.2, 0) is 37.2 Å². The number of nitrogens with one attached hydrogen (secondary N) is 1. The van der Waals surface area contributed by atoms with Crippen LogP contribution in [0.4, 0.5) is 4.39 Å². The van der Waals surface area contributed by atoms with Gasteiger partial charge >= 0.3 is 5.97 Å². The quantitative estimate of drug-likeness (QED) is 0.145. The number of halogens is 2. The van der Waals surface area contributed by atoms with Crippen molar-refractivity contribution in [3.05, 3.63) is 147 Å². The number of aromatic nitrogens is 2. The summed E-state index contributed by atoms with van der Waals surface area (Å²) in [6.07, 6.45) is 9.09. The Morgan fingerprint density at radius 1 is 1.02 bits per heavy atom. The number of hydrogen-bond acceptors (Lipinski definition) is 6. The minimum absolute atomic E-state index is 0.160. The van der Waals surface area contributed by atoms with Crippen molar-refractivity contribution in [3.63, 3.8) is 0 Å². The predicted molar refractivity (Wildman–Crippen MR) is 178 cm³/mol. The topological polar surface area (TPSA) is 108 Å². The summed E-state index contributed by atoms with van der Waals surface area (Å²) in [5.74, 6) is -0.478. The van der Waals surface area contributed by atoms with Gasteiger partial charge in [-0.1, -0.05) is 54.1 Å². The number of carboxylic acids is 1. The van der Waals surface area contributed by atoms with Gasteiger partial charge < -0.3 is 9.84 Å². The molecule has 1 aliphatic carbocycles. The zero-order valence-electron chi connectivity index (χ0n) is 25.5. The maximum Gasteiger partial charge on any atom is 0.321 e. The highest BCUT2D eigenvalue weighted by Gasteiger charge is 2.27. The Hall–Kier alpha value is -5.10. The molecule has 2 N–H and O–H groups in total. The molecule has 2 aromatic heterocycles. The van der Waals surface area contributed by atoms with Crippen LogP contribution in [0.3, 0.4) is 0 Å². The highest BCUT2D eigenvalue weighted by atomic mass is 35.5. The molecular formula is C38H32ClFN4O3. The van der Waals surface area contributed by atoms with E-state index in [0.717, 1.165) is 40.7 Å². The third kappa shape index (κ3) is 7.49. The standard InChI is InChI=1S/C38H32ClFN4O3/c39-34-16-29(22-44-36(38(45)46)14-24-5-4-12-42-19-24)37(47-23-26-13-25(18-41)20-43-21-26)17-28(34)15-27-10-11-32-30(27)7-3-8-31(32)33-6-1-2-9-35(33)40/h1-9,12-13,16-17,19-21,27,36,44H,10-11,14-15,22-23H2,(H,45,46)/t27-,36?/m1/s1. The van der Waals surface area contributed by atoms with Crippen molar-refractivity contribution in [1.82, 2.24) is 15.3 Å². The van der Waals surface area contributed by atoms with Crippen LogP contribution in [0.15, 0.2) is 97.6 Å². The molecule has 0 spiro atoms. The van der Waals surface area contributed by atoms with Crippen LogP contribution in [0.2, 0.25) is 5.02 Å². The summed E-state index contributed by atoms with van der Waals surface area (Å²) in [6.45, 7) is 0.355. The van der Waals surface area contributed by atoms with Gasteiger partial charge in [-0.15, -0.1) is 0 Å². The summed E-state index contributed by atoms with van der Waals surface area (Å²) in [5, 5.41) is 22.9. The smallest absolute Gasteiger partial charge is 0.321 e. The molecule has 0 radical (unpaired) electrons. The SMILES string of the molecule is N#Cc1cncc(COc2cc(C[C@H]3CCc4c(-c5ccccc5F)cccc43)c(Cl)cc2CNC(Cc2cccnc2)C(=O)O)c1. The van der Waals surface area contributed by atoms with Gasteiger partial charge in [-0.2, -0.15) is 5.26 Å². The van der Waals surface area contributed by atoms with Crippen LogP contribution in [0, 0.1) is 17.1 Å². The normalized spacial score (nSPS) is 14.3. The first-order chi connectivity index (χ1) is 22.9. The molecule has 236 valence electrons. The Balaban J connectivity index is 1.27. The number of hydrogen-bond donors (Lipinski definition) is 2. The lowest BCUT2D eigenvalue weighted by Gasteiger charge is -2.20. The Bertz CT molecular complexity index is 1950. The van der Waals surface area contributed by atoms with Gasteiger partial charge in [0.15, 0.2) is 0 Å². The van der Waals surface area contributed by atoms with Gasteiger partial charge in [0.1, 0.15) is 30.3 Å². The van der Waals surface area contributed by atoms with Crippen molar-refractivity contribution in [3.8, 4) is 22.9 Å². The van der Waals surface area contributed by atoms with Crippen LogP contribution < -0.4 is 10.1 Å². The van der Waals surface area contributed by atoms with Crippen molar-refractivity contribution >= 4 is 17.6 Å². The van der Waals surface area contributed by atoms with Gasteiger partial charge in [-0.3, -0.25) is 20.1 Å². The summed E-state index contributed by atoms with van der Waals surface area (Å²) in [5.41, 5.74) is 7.44. The van der Waals surface area contributed by atoms with Gasteiger partial charge in [0.2, 0.25) is 0 Å². The molecule has 3 aromatic carbocycles. The van der Waals surface area contributed by atoms with E-state index < -0.39 is 12.0 Å². The highest BCUT2D eigenvalue weighted by molar-refractivity contribution is 6.31. The number of rotatable bonds is 12. The van der Waals surface area contributed by atoms with Crippen molar-refractivity contribution < 1.29 is 19.0 Å². The number of pyridine rings is 2. The maximum absolute atomic E-state index is 14.7. The first kappa shape index (κ1) is 31.9. The second-order valence-corrected chi connectivity index (χ2v) is 12.1. The lowest BCUT2D eigenvalue weighted by atomic mass is 9.90. The highest BCUT2D eigenvalue weighted by Crippen LogP contribution is 2.42. The largest absolute Gasteiger partial charge is 0.489 e. The molecule has 0 saturated carbocycles. The molecule has 0 amide bonds. The zero-order chi connectivity index (χ0) is 32.8. The van der Waals surface area contributed by atoms with Crippen LogP contribution in [0.5, 0.6) is 5.75 Å². The molecule has 9 heteroatoms. The monoisotopic (exact) mass is 646 g/mol. The maximum atomic E-state index is 14.7. The molecule has 0 saturated heterocycles. The van der Waals surface area contributed by atoms with E-state index in [9.17, 15) is 19.6 Å². The molecular weight excluding hydrogens is 615 g/mol. The summed E-state index contributed by atoms with van der Waals surface area (Å²) in [7, 11) is 0. The molecule has 0 aliphatic heterocycles. The summed E-state index contributed by atoms with van der Waals surface area (Å²) < 4.78 is 21.0. The number of fused-ring (bicyclic) bond motifs is 1. The third-order valence-corrected chi connectivity index (χ3v) is 8.92. The molecule has 6 rings (SSSR count). The lowest BCUT2D eigenvalue weighted by molar-refractivity contribution is -0.139. The minimum atomic E-state index is -0.979. The number of nitrogens with zero attached hydrogens (tertiary/aromatic N) is 3. The molecule has 0 fully saturated rings. The molecule has 47 heavy (non-hydrogen) atoms. The van der Waals surface area contributed by atoms with Crippen LogP contribution in [0.25, 0.3) is 11.1 Å². The molecule has 1 aliphatic rings. The number of ether oxygens (including phenoxy) is 1. The van der Waals surface area contributed by atoms with Crippen molar-refractivity contribution in [2.45, 2.75) is 50.8 Å². The van der Waals surface area contributed by atoms with Gasteiger partial charge in [0.25, 0.3) is 0 Å². The predicted octanol–water partition coefficient (Wildman–Crippen LogP) is 7.44. The Morgan fingerprint density at radius 3 is 2.64 bits per heavy atom. The number of carbonyl (C=O) groups is 1. The van der Waals surface area contributed by atoms with E-state index in [0.29, 0.717) is 33.9 Å². The second-order valence-electron chi connectivity index (χ2n) is 11.7. The van der Waals surface area contributed by atoms with Crippen molar-refractivity contribution in [2.24, 2.45) is 0 Å². The Morgan fingerprint density at radius 2 is 1.85 bits per heavy atom. The molecule has 7 nitrogen and oxygen atoms in total. The average Bonchev–Trinajstić information content (AvgIpc) is 3.50. The zero-order valence-corrected chi connectivity index (χ0v) is 26.3. The van der Waals surface area contributed by atoms with E-state index in [2.05, 4.69) is 27.4 Å². The number of carboxylic acid groups (broad SMARTS) is 1. The van der Waals surface area contributed by atoms with E-state index in [1.165, 1.54) is 17.8 Å². The van der Waals surface area contributed by atoms with Crippen LogP contribution in [-0.4, -0.2) is 27.1 Å². The van der Waals surface area contributed by atoms with Gasteiger partial charge in [0, 0.05) is 53.0 Å². The number of nitriles is 1. The van der Waals surface area contributed by atoms with Crippen molar-refractivity contribution in [1.29, 1.82) is 5.26 Å². The molecule has 2 atom stereocenters.